The molecule has 2 N–H and O–H groups in total. The number of aromatic amines is 1. The van der Waals surface area contributed by atoms with E-state index in [1.165, 1.54) is 11.3 Å². The van der Waals surface area contributed by atoms with Crippen LogP contribution in [-0.4, -0.2) is 32.5 Å². The SMILES string of the molecule is CC(c1ccc(C(=O)NC(C)(C)C)cc1)N1Cc2cc(-c3n[nH]c4c3CC(C)(C)C4)ccc2C1=O. The molecule has 2 aromatic carbocycles. The Morgan fingerprint density at radius 2 is 1.83 bits per heavy atom. The van der Waals surface area contributed by atoms with E-state index in [4.69, 9.17) is 0 Å². The van der Waals surface area contributed by atoms with E-state index < -0.39 is 0 Å². The maximum atomic E-state index is 13.3. The fourth-order valence-corrected chi connectivity index (χ4v) is 5.31. The van der Waals surface area contributed by atoms with Crippen molar-refractivity contribution in [1.29, 1.82) is 0 Å². The molecule has 0 fully saturated rings. The van der Waals surface area contributed by atoms with Gasteiger partial charge in [-0.2, -0.15) is 5.10 Å². The summed E-state index contributed by atoms with van der Waals surface area (Å²) in [5.41, 5.74) is 7.99. The van der Waals surface area contributed by atoms with Gasteiger partial charge in [0, 0.05) is 40.0 Å². The van der Waals surface area contributed by atoms with Crippen LogP contribution >= 0.6 is 0 Å². The fourth-order valence-electron chi connectivity index (χ4n) is 5.31. The highest BCUT2D eigenvalue weighted by Crippen LogP contribution is 2.41. The van der Waals surface area contributed by atoms with Gasteiger partial charge in [0.1, 0.15) is 0 Å². The van der Waals surface area contributed by atoms with Gasteiger partial charge < -0.3 is 10.2 Å². The van der Waals surface area contributed by atoms with Crippen LogP contribution in [0.15, 0.2) is 42.5 Å². The molecule has 2 heterocycles. The number of nitrogens with one attached hydrogen (secondary N) is 2. The number of rotatable bonds is 4. The van der Waals surface area contributed by atoms with Crippen molar-refractivity contribution in [2.24, 2.45) is 5.41 Å². The summed E-state index contributed by atoms with van der Waals surface area (Å²) < 4.78 is 0. The van der Waals surface area contributed by atoms with Crippen LogP contribution in [-0.2, 0) is 19.4 Å². The molecule has 0 radical (unpaired) electrons. The first-order valence-corrected chi connectivity index (χ1v) is 12.3. The van der Waals surface area contributed by atoms with Crippen molar-refractivity contribution in [3.63, 3.8) is 0 Å². The lowest BCUT2D eigenvalue weighted by Gasteiger charge is -2.25. The Morgan fingerprint density at radius 3 is 2.51 bits per heavy atom. The summed E-state index contributed by atoms with van der Waals surface area (Å²) in [5, 5.41) is 10.8. The predicted molar refractivity (Wildman–Crippen MR) is 137 cm³/mol. The van der Waals surface area contributed by atoms with Crippen LogP contribution in [0.25, 0.3) is 11.3 Å². The number of carbonyl (C=O) groups is 2. The lowest BCUT2D eigenvalue weighted by atomic mass is 9.90. The van der Waals surface area contributed by atoms with Gasteiger partial charge in [-0.15, -0.1) is 0 Å². The van der Waals surface area contributed by atoms with Crippen molar-refractivity contribution in [3.05, 3.63) is 76.0 Å². The molecule has 35 heavy (non-hydrogen) atoms. The van der Waals surface area contributed by atoms with Crippen LogP contribution in [0, 0.1) is 5.41 Å². The third-order valence-corrected chi connectivity index (χ3v) is 7.09. The molecule has 0 saturated heterocycles. The molecule has 6 heteroatoms. The average Bonchev–Trinajstić information content (AvgIpc) is 3.41. The third kappa shape index (κ3) is 4.38. The molecule has 2 amide bonds. The van der Waals surface area contributed by atoms with E-state index in [0.717, 1.165) is 40.8 Å². The van der Waals surface area contributed by atoms with Crippen molar-refractivity contribution in [1.82, 2.24) is 20.4 Å². The van der Waals surface area contributed by atoms with Gasteiger partial charge in [-0.25, -0.2) is 0 Å². The van der Waals surface area contributed by atoms with Crippen molar-refractivity contribution < 1.29 is 9.59 Å². The Hall–Kier alpha value is -3.41. The van der Waals surface area contributed by atoms with Gasteiger partial charge in [0.05, 0.1) is 11.7 Å². The summed E-state index contributed by atoms with van der Waals surface area (Å²) in [6.07, 6.45) is 2.03. The number of hydrogen-bond donors (Lipinski definition) is 2. The molecule has 0 saturated carbocycles. The first-order valence-electron chi connectivity index (χ1n) is 12.3. The van der Waals surface area contributed by atoms with Crippen LogP contribution in [0.2, 0.25) is 0 Å². The van der Waals surface area contributed by atoms with Crippen LogP contribution in [0.1, 0.15) is 90.7 Å². The van der Waals surface area contributed by atoms with E-state index in [0.29, 0.717) is 12.1 Å². The highest BCUT2D eigenvalue weighted by molar-refractivity contribution is 5.99. The van der Waals surface area contributed by atoms with Gasteiger partial charge in [-0.05, 0) is 81.3 Å². The number of aromatic nitrogens is 2. The van der Waals surface area contributed by atoms with Gasteiger partial charge in [0.15, 0.2) is 0 Å². The average molecular weight is 471 g/mol. The summed E-state index contributed by atoms with van der Waals surface area (Å²) in [4.78, 5) is 27.6. The number of hydrogen-bond acceptors (Lipinski definition) is 3. The largest absolute Gasteiger partial charge is 0.347 e. The predicted octanol–water partition coefficient (Wildman–Crippen LogP) is 5.45. The van der Waals surface area contributed by atoms with E-state index >= 15 is 0 Å². The zero-order valence-corrected chi connectivity index (χ0v) is 21.5. The molecule has 1 atom stereocenters. The fraction of sp³-hybridized carbons (Fsp3) is 0.414. The second-order valence-electron chi connectivity index (χ2n) is 11.9. The number of nitrogens with zero attached hydrogens (tertiary/aromatic N) is 2. The standard InChI is InChI=1S/C29H34N4O2/c1-17(18-7-9-19(10-8-18)26(34)30-28(2,3)4)33-16-21-13-20(11-12-22(21)27(33)35)25-23-14-29(5,6)15-24(23)31-32-25/h7-13,17H,14-16H2,1-6H3,(H,30,34)(H,31,32). The minimum Gasteiger partial charge on any atom is -0.347 e. The molecule has 0 bridgehead atoms. The first-order chi connectivity index (χ1) is 16.4. The van der Waals surface area contributed by atoms with E-state index in [-0.39, 0.29) is 28.8 Å². The maximum absolute atomic E-state index is 13.3. The van der Waals surface area contributed by atoms with Gasteiger partial charge in [0.25, 0.3) is 11.8 Å². The topological polar surface area (TPSA) is 78.1 Å². The Balaban J connectivity index is 1.34. The lowest BCUT2D eigenvalue weighted by Crippen LogP contribution is -2.40. The number of benzene rings is 2. The molecule has 1 aliphatic heterocycles. The van der Waals surface area contributed by atoms with Gasteiger partial charge in [0.2, 0.25) is 0 Å². The zero-order chi connectivity index (χ0) is 25.1. The number of carbonyl (C=O) groups excluding carboxylic acids is 2. The molecular formula is C29H34N4O2. The summed E-state index contributed by atoms with van der Waals surface area (Å²) >= 11 is 0. The van der Waals surface area contributed by atoms with Gasteiger partial charge >= 0.3 is 0 Å². The molecule has 182 valence electrons. The van der Waals surface area contributed by atoms with Crippen LogP contribution in [0.4, 0.5) is 0 Å². The van der Waals surface area contributed by atoms with E-state index in [1.54, 1.807) is 0 Å². The van der Waals surface area contributed by atoms with E-state index in [1.807, 2.05) is 69.0 Å². The molecule has 5 rings (SSSR count). The highest BCUT2D eigenvalue weighted by Gasteiger charge is 2.35. The third-order valence-electron chi connectivity index (χ3n) is 7.09. The molecular weight excluding hydrogens is 436 g/mol. The monoisotopic (exact) mass is 470 g/mol. The number of fused-ring (bicyclic) bond motifs is 2. The quantitative estimate of drug-likeness (QED) is 0.532. The summed E-state index contributed by atoms with van der Waals surface area (Å²) in [5.74, 6) is -0.0517. The normalized spacial score (nSPS) is 17.3. The molecule has 0 spiro atoms. The minimum absolute atomic E-state index is 0.0435. The van der Waals surface area contributed by atoms with Crippen molar-refractivity contribution in [2.75, 3.05) is 0 Å². The molecule has 1 aromatic heterocycles. The lowest BCUT2D eigenvalue weighted by molar-refractivity contribution is 0.0715. The second-order valence-corrected chi connectivity index (χ2v) is 11.9. The molecule has 2 aliphatic rings. The molecule has 1 aliphatic carbocycles. The highest BCUT2D eigenvalue weighted by atomic mass is 16.2. The zero-order valence-electron chi connectivity index (χ0n) is 21.5. The number of amides is 2. The van der Waals surface area contributed by atoms with Crippen LogP contribution < -0.4 is 5.32 Å². The Kier molecular flexibility index (Phi) is 5.38. The van der Waals surface area contributed by atoms with Gasteiger partial charge in [-0.3, -0.25) is 14.7 Å². The first kappa shape index (κ1) is 23.3. The Bertz CT molecular complexity index is 1310. The molecule has 6 nitrogen and oxygen atoms in total. The van der Waals surface area contributed by atoms with Crippen LogP contribution in [0.5, 0.6) is 0 Å². The van der Waals surface area contributed by atoms with Crippen molar-refractivity contribution in [2.45, 2.75) is 72.5 Å². The second kappa shape index (κ2) is 8.08. The molecule has 1 unspecified atom stereocenters. The summed E-state index contributed by atoms with van der Waals surface area (Å²) in [6, 6.07) is 13.5. The number of H-pyrrole nitrogens is 1. The Morgan fingerprint density at radius 1 is 1.11 bits per heavy atom. The molecule has 3 aromatic rings. The van der Waals surface area contributed by atoms with Crippen molar-refractivity contribution in [3.8, 4) is 11.3 Å². The smallest absolute Gasteiger partial charge is 0.255 e. The Labute approximate surface area is 207 Å². The van der Waals surface area contributed by atoms with Crippen LogP contribution in [0.3, 0.4) is 0 Å². The summed E-state index contributed by atoms with van der Waals surface area (Å²) in [6.45, 7) is 13.1. The van der Waals surface area contributed by atoms with Gasteiger partial charge in [-0.1, -0.05) is 32.0 Å². The van der Waals surface area contributed by atoms with E-state index in [2.05, 4.69) is 35.4 Å². The van der Waals surface area contributed by atoms with E-state index in [9.17, 15) is 9.59 Å². The minimum atomic E-state index is -0.290. The summed E-state index contributed by atoms with van der Waals surface area (Å²) in [7, 11) is 0. The van der Waals surface area contributed by atoms with Crippen molar-refractivity contribution >= 4 is 11.8 Å². The maximum Gasteiger partial charge on any atom is 0.255 e.